The second-order valence-corrected chi connectivity index (χ2v) is 14.7. The molecule has 3 saturated carbocycles. The Labute approximate surface area is 145 Å². The third-order valence-corrected chi connectivity index (χ3v) is 8.21. The number of ketones is 1. The minimum atomic E-state index is -1.08. The van der Waals surface area contributed by atoms with E-state index in [9.17, 15) is 9.59 Å². The monoisotopic (exact) mass is 354 g/mol. The molecule has 1 unspecified atom stereocenters. The average Bonchev–Trinajstić information content (AvgIpc) is 2.68. The number of hydrogen-bond acceptors (Lipinski definition) is 5. The Morgan fingerprint density at radius 3 is 2.67 bits per heavy atom. The molecule has 3 aliphatic carbocycles. The van der Waals surface area contributed by atoms with Crippen molar-refractivity contribution in [3.8, 4) is 0 Å². The van der Waals surface area contributed by atoms with Gasteiger partial charge in [0.25, 0.3) is 0 Å². The van der Waals surface area contributed by atoms with Crippen molar-refractivity contribution in [3.05, 3.63) is 0 Å². The summed E-state index contributed by atoms with van der Waals surface area (Å²) in [6.07, 6.45) is 2.01. The van der Waals surface area contributed by atoms with Crippen LogP contribution in [0.2, 0.25) is 25.7 Å². The number of rotatable bonds is 7. The second kappa shape index (κ2) is 5.92. The minimum Gasteiger partial charge on any atom is -0.454 e. The van der Waals surface area contributed by atoms with Crippen molar-refractivity contribution in [2.75, 3.05) is 13.4 Å². The maximum absolute atomic E-state index is 12.2. The first-order valence-corrected chi connectivity index (χ1v) is 12.7. The van der Waals surface area contributed by atoms with Gasteiger partial charge in [0.1, 0.15) is 6.79 Å². The van der Waals surface area contributed by atoms with E-state index >= 15 is 0 Å². The van der Waals surface area contributed by atoms with Crippen molar-refractivity contribution in [2.45, 2.75) is 71.0 Å². The Balaban J connectivity index is 1.54. The van der Waals surface area contributed by atoms with Crippen LogP contribution >= 0.6 is 0 Å². The molecule has 0 aliphatic heterocycles. The molecule has 0 N–H and O–H groups in total. The number of fused-ring (bicyclic) bond motifs is 1. The van der Waals surface area contributed by atoms with Crippen molar-refractivity contribution >= 4 is 19.8 Å². The second-order valence-electron chi connectivity index (χ2n) is 9.12. The van der Waals surface area contributed by atoms with E-state index in [2.05, 4.69) is 26.6 Å². The molecule has 24 heavy (non-hydrogen) atoms. The fourth-order valence-electron chi connectivity index (χ4n) is 5.20. The fourth-order valence-corrected chi connectivity index (χ4v) is 5.95. The zero-order valence-electron chi connectivity index (χ0n) is 15.5. The molecule has 1 spiro atoms. The lowest BCUT2D eigenvalue weighted by Gasteiger charge is -2.26. The van der Waals surface area contributed by atoms with Gasteiger partial charge in [0, 0.05) is 39.4 Å². The summed E-state index contributed by atoms with van der Waals surface area (Å²) in [5.74, 6) is -0.159. The van der Waals surface area contributed by atoms with Crippen LogP contribution in [0, 0.1) is 16.7 Å². The van der Waals surface area contributed by atoms with Gasteiger partial charge in [-0.25, -0.2) is 0 Å². The quantitative estimate of drug-likeness (QED) is 0.304. The summed E-state index contributed by atoms with van der Waals surface area (Å²) < 4.78 is 17.0. The van der Waals surface area contributed by atoms with Crippen molar-refractivity contribution in [1.29, 1.82) is 0 Å². The number of carbonyl (C=O) groups is 2. The van der Waals surface area contributed by atoms with Crippen LogP contribution in [0.25, 0.3) is 0 Å². The van der Waals surface area contributed by atoms with Gasteiger partial charge in [-0.1, -0.05) is 26.6 Å². The van der Waals surface area contributed by atoms with E-state index in [1.807, 2.05) is 0 Å². The maximum atomic E-state index is 12.2. The van der Waals surface area contributed by atoms with Crippen LogP contribution in [0.15, 0.2) is 0 Å². The third-order valence-electron chi connectivity index (χ3n) is 6.50. The van der Waals surface area contributed by atoms with Gasteiger partial charge in [0.05, 0.1) is 6.10 Å². The molecule has 0 radical (unpaired) electrons. The Bertz CT molecular complexity index is 542. The largest absolute Gasteiger partial charge is 0.454 e. The predicted octanol–water partition coefficient (Wildman–Crippen LogP) is 3.00. The Morgan fingerprint density at radius 2 is 2.04 bits per heavy atom. The lowest BCUT2D eigenvalue weighted by molar-refractivity contribution is -0.156. The van der Waals surface area contributed by atoms with Crippen molar-refractivity contribution in [3.63, 3.8) is 0 Å². The molecular weight excluding hydrogens is 324 g/mol. The molecule has 3 aliphatic rings. The molecule has 5 nitrogen and oxygen atoms in total. The number of hydrogen-bond donors (Lipinski definition) is 0. The maximum Gasteiger partial charge on any atom is 0.303 e. The van der Waals surface area contributed by atoms with Crippen LogP contribution in [-0.4, -0.2) is 45.4 Å². The van der Waals surface area contributed by atoms with Crippen LogP contribution in [0.1, 0.15) is 33.1 Å². The summed E-state index contributed by atoms with van der Waals surface area (Å²) in [4.78, 5) is 23.5. The summed E-state index contributed by atoms with van der Waals surface area (Å²) in [6.45, 7) is 11.6. The van der Waals surface area contributed by atoms with Gasteiger partial charge in [-0.3, -0.25) is 9.59 Å². The topological polar surface area (TPSA) is 61.8 Å². The minimum absolute atomic E-state index is 0.00676. The lowest BCUT2D eigenvalue weighted by atomic mass is 9.90. The smallest absolute Gasteiger partial charge is 0.303 e. The van der Waals surface area contributed by atoms with E-state index < -0.39 is 14.2 Å². The van der Waals surface area contributed by atoms with E-state index in [-0.39, 0.29) is 34.6 Å². The molecule has 6 heteroatoms. The summed E-state index contributed by atoms with van der Waals surface area (Å²) in [6, 6.07) is 1.13. The van der Waals surface area contributed by atoms with Crippen molar-refractivity contribution in [2.24, 2.45) is 16.7 Å². The molecule has 0 aromatic rings. The highest BCUT2D eigenvalue weighted by atomic mass is 28.3. The van der Waals surface area contributed by atoms with Gasteiger partial charge in [-0.15, -0.1) is 0 Å². The standard InChI is InChI=1S/C18H30O5Si/c1-12(19)23-15-13(20)10-18-7-6-14(17(18,2)16(15)18)22-11-21-8-9-24(3,4)5/h14-16H,6-11H2,1-5H3/t14-,15-,16-,17-,18?/m0/s1. The molecule has 0 bridgehead atoms. The number of ether oxygens (including phenoxy) is 3. The van der Waals surface area contributed by atoms with E-state index in [0.29, 0.717) is 13.2 Å². The molecule has 0 aromatic carbocycles. The summed E-state index contributed by atoms with van der Waals surface area (Å²) >= 11 is 0. The molecule has 3 fully saturated rings. The van der Waals surface area contributed by atoms with E-state index in [1.165, 1.54) is 6.92 Å². The highest BCUT2D eigenvalue weighted by molar-refractivity contribution is 6.76. The Morgan fingerprint density at radius 1 is 1.33 bits per heavy atom. The first kappa shape index (κ1) is 18.1. The van der Waals surface area contributed by atoms with E-state index in [4.69, 9.17) is 14.2 Å². The SMILES string of the molecule is CC(=O)O[C@H]1C(=O)CC23CC[C@H](OCOCC[Si](C)(C)C)[C@@]2(C)[C@H]13. The van der Waals surface area contributed by atoms with Gasteiger partial charge in [-0.05, 0) is 24.3 Å². The molecule has 0 saturated heterocycles. The molecular formula is C18H30O5Si. The van der Waals surface area contributed by atoms with Crippen LogP contribution in [-0.2, 0) is 23.8 Å². The van der Waals surface area contributed by atoms with Gasteiger partial charge in [-0.2, -0.15) is 0 Å². The van der Waals surface area contributed by atoms with E-state index in [1.54, 1.807) is 0 Å². The fraction of sp³-hybridized carbons (Fsp3) is 0.889. The molecule has 3 rings (SSSR count). The first-order chi connectivity index (χ1) is 11.1. The molecule has 5 atom stereocenters. The molecule has 0 amide bonds. The zero-order chi connectivity index (χ0) is 17.8. The molecule has 136 valence electrons. The number of esters is 1. The van der Waals surface area contributed by atoms with Crippen LogP contribution in [0.3, 0.4) is 0 Å². The first-order valence-electron chi connectivity index (χ1n) is 9.01. The van der Waals surface area contributed by atoms with Gasteiger partial charge < -0.3 is 14.2 Å². The Hall–Kier alpha value is -0.723. The highest BCUT2D eigenvalue weighted by Crippen LogP contribution is 2.83. The predicted molar refractivity (Wildman–Crippen MR) is 92.3 cm³/mol. The van der Waals surface area contributed by atoms with Gasteiger partial charge >= 0.3 is 5.97 Å². The van der Waals surface area contributed by atoms with Crippen LogP contribution in [0.5, 0.6) is 0 Å². The lowest BCUT2D eigenvalue weighted by Crippen LogP contribution is -2.34. The van der Waals surface area contributed by atoms with Gasteiger partial charge in [0.2, 0.25) is 0 Å². The normalized spacial score (nSPS) is 40.4. The third kappa shape index (κ3) is 2.76. The van der Waals surface area contributed by atoms with Gasteiger partial charge in [0.15, 0.2) is 11.9 Å². The summed E-state index contributed by atoms with van der Waals surface area (Å²) in [7, 11) is -1.08. The molecule has 0 heterocycles. The number of Topliss-reactive ketones (excluding diaryl/α,β-unsaturated/α-hetero) is 1. The number of carbonyl (C=O) groups excluding carboxylic acids is 2. The van der Waals surface area contributed by atoms with E-state index in [0.717, 1.165) is 25.5 Å². The summed E-state index contributed by atoms with van der Waals surface area (Å²) in [5, 5.41) is 0. The van der Waals surface area contributed by atoms with Crippen molar-refractivity contribution in [1.82, 2.24) is 0 Å². The summed E-state index contributed by atoms with van der Waals surface area (Å²) in [5.41, 5.74) is -0.0592. The van der Waals surface area contributed by atoms with Crippen molar-refractivity contribution < 1.29 is 23.8 Å². The van der Waals surface area contributed by atoms with Crippen LogP contribution < -0.4 is 0 Å². The Kier molecular flexibility index (Phi) is 4.46. The van der Waals surface area contributed by atoms with Crippen LogP contribution in [0.4, 0.5) is 0 Å². The zero-order valence-corrected chi connectivity index (χ0v) is 16.5. The highest BCUT2D eigenvalue weighted by Gasteiger charge is 2.86. The molecule has 0 aromatic heterocycles. The average molecular weight is 355 g/mol.